The molecular weight excluding hydrogens is 230 g/mol. The van der Waals surface area contributed by atoms with E-state index >= 15 is 0 Å². The minimum Gasteiger partial charge on any atom is -0.300 e. The molecule has 2 aliphatic rings. The van der Waals surface area contributed by atoms with Crippen LogP contribution in [-0.2, 0) is 11.8 Å². The molecule has 1 saturated carbocycles. The lowest BCUT2D eigenvalue weighted by Gasteiger charge is -2.45. The second-order valence-electron chi connectivity index (χ2n) is 6.73. The van der Waals surface area contributed by atoms with Gasteiger partial charge in [-0.1, -0.05) is 44.5 Å². The molecule has 0 radical (unpaired) electrons. The van der Waals surface area contributed by atoms with E-state index in [0.717, 1.165) is 12.5 Å². The third-order valence-electron chi connectivity index (χ3n) is 5.55. The maximum Gasteiger partial charge on any atom is 0.00952 e. The first-order valence-corrected chi connectivity index (χ1v) is 8.05. The lowest BCUT2D eigenvalue weighted by atomic mass is 9.73. The molecule has 0 N–H and O–H groups in total. The molecule has 1 aromatic rings. The Hall–Kier alpha value is -0.820. The average Bonchev–Trinajstić information content (AvgIpc) is 2.40. The van der Waals surface area contributed by atoms with Crippen LogP contribution in [0.1, 0.15) is 57.1 Å². The maximum absolute atomic E-state index is 2.74. The summed E-state index contributed by atoms with van der Waals surface area (Å²) in [6, 6.07) is 10.3. The minimum absolute atomic E-state index is 0.409. The van der Waals surface area contributed by atoms with Gasteiger partial charge in [-0.15, -0.1) is 0 Å². The Kier molecular flexibility index (Phi) is 3.66. The van der Waals surface area contributed by atoms with Gasteiger partial charge in [0.2, 0.25) is 0 Å². The Balaban J connectivity index is 1.66. The Morgan fingerprint density at radius 1 is 1.11 bits per heavy atom. The molecule has 1 aromatic carbocycles. The number of hydrogen-bond acceptors (Lipinski definition) is 1. The highest BCUT2D eigenvalue weighted by Crippen LogP contribution is 2.37. The molecule has 3 rings (SSSR count). The molecule has 1 heteroatoms. The Bertz CT molecular complexity index is 408. The number of piperidine rings is 1. The summed E-state index contributed by atoms with van der Waals surface area (Å²) in [5, 5.41) is 0. The zero-order valence-electron chi connectivity index (χ0n) is 12.5. The number of rotatable bonds is 3. The van der Waals surface area contributed by atoms with Gasteiger partial charge in [0.15, 0.2) is 0 Å². The summed E-state index contributed by atoms with van der Waals surface area (Å²) >= 11 is 0. The van der Waals surface area contributed by atoms with Crippen LogP contribution >= 0.6 is 0 Å². The summed E-state index contributed by atoms with van der Waals surface area (Å²) in [5.41, 5.74) is 3.42. The van der Waals surface area contributed by atoms with E-state index in [0.29, 0.717) is 5.41 Å². The molecule has 0 aromatic heterocycles. The first-order valence-electron chi connectivity index (χ1n) is 8.05. The first kappa shape index (κ1) is 13.2. The van der Waals surface area contributed by atoms with Crippen LogP contribution < -0.4 is 0 Å². The van der Waals surface area contributed by atoms with Crippen molar-refractivity contribution in [3.05, 3.63) is 35.4 Å². The van der Waals surface area contributed by atoms with Crippen LogP contribution in [0.15, 0.2) is 24.3 Å². The molecule has 104 valence electrons. The molecule has 0 unspecified atom stereocenters. The Morgan fingerprint density at radius 3 is 2.21 bits per heavy atom. The van der Waals surface area contributed by atoms with Crippen LogP contribution in [0.5, 0.6) is 0 Å². The molecule has 2 fully saturated rings. The van der Waals surface area contributed by atoms with Crippen molar-refractivity contribution in [2.75, 3.05) is 13.1 Å². The highest BCUT2D eigenvalue weighted by Gasteiger charge is 2.35. The summed E-state index contributed by atoms with van der Waals surface area (Å²) in [6.07, 6.45) is 8.15. The maximum atomic E-state index is 2.74. The quantitative estimate of drug-likeness (QED) is 0.786. The topological polar surface area (TPSA) is 3.24 Å². The van der Waals surface area contributed by atoms with Crippen LogP contribution in [0, 0.1) is 0 Å². The van der Waals surface area contributed by atoms with Crippen LogP contribution in [0.2, 0.25) is 0 Å². The fourth-order valence-electron chi connectivity index (χ4n) is 3.57. The lowest BCUT2D eigenvalue weighted by molar-refractivity contribution is 0.0773. The second-order valence-corrected chi connectivity index (χ2v) is 6.73. The number of nitrogens with zero attached hydrogens (tertiary/aromatic N) is 1. The number of benzene rings is 1. The fourth-order valence-corrected chi connectivity index (χ4v) is 3.57. The van der Waals surface area contributed by atoms with Gasteiger partial charge in [-0.25, -0.2) is 0 Å². The van der Waals surface area contributed by atoms with Gasteiger partial charge < -0.3 is 4.90 Å². The second kappa shape index (κ2) is 5.28. The number of aryl methyl sites for hydroxylation is 1. The van der Waals surface area contributed by atoms with Crippen molar-refractivity contribution in [1.29, 1.82) is 0 Å². The molecule has 0 atom stereocenters. The minimum atomic E-state index is 0.409. The van der Waals surface area contributed by atoms with E-state index in [9.17, 15) is 0 Å². The molecule has 1 aliphatic carbocycles. The van der Waals surface area contributed by atoms with E-state index in [4.69, 9.17) is 0 Å². The van der Waals surface area contributed by atoms with Gasteiger partial charge in [0.1, 0.15) is 0 Å². The van der Waals surface area contributed by atoms with Crippen molar-refractivity contribution in [1.82, 2.24) is 4.90 Å². The Labute approximate surface area is 118 Å². The van der Waals surface area contributed by atoms with E-state index < -0.39 is 0 Å². The van der Waals surface area contributed by atoms with Crippen LogP contribution in [0.3, 0.4) is 0 Å². The van der Waals surface area contributed by atoms with Gasteiger partial charge in [0, 0.05) is 6.04 Å². The van der Waals surface area contributed by atoms with E-state index in [1.54, 1.807) is 5.56 Å². The summed E-state index contributed by atoms with van der Waals surface area (Å²) < 4.78 is 0. The molecule has 19 heavy (non-hydrogen) atoms. The van der Waals surface area contributed by atoms with Crippen LogP contribution in [-0.4, -0.2) is 24.0 Å². The zero-order chi connectivity index (χ0) is 13.3. The number of likely N-dealkylation sites (tertiary alicyclic amines) is 1. The highest BCUT2D eigenvalue weighted by molar-refractivity contribution is 5.29. The summed E-state index contributed by atoms with van der Waals surface area (Å²) in [4.78, 5) is 2.74. The van der Waals surface area contributed by atoms with Crippen molar-refractivity contribution in [2.45, 2.75) is 63.8 Å². The Morgan fingerprint density at radius 2 is 1.74 bits per heavy atom. The predicted octanol–water partition coefficient (Wildman–Crippen LogP) is 4.16. The van der Waals surface area contributed by atoms with Gasteiger partial charge in [0.25, 0.3) is 0 Å². The third kappa shape index (κ3) is 2.58. The van der Waals surface area contributed by atoms with Gasteiger partial charge in [-0.2, -0.15) is 0 Å². The van der Waals surface area contributed by atoms with Gasteiger partial charge in [-0.3, -0.25) is 0 Å². The number of hydrogen-bond donors (Lipinski definition) is 0. The van der Waals surface area contributed by atoms with Gasteiger partial charge >= 0.3 is 0 Å². The summed E-state index contributed by atoms with van der Waals surface area (Å²) in [5.74, 6) is 0. The van der Waals surface area contributed by atoms with Gasteiger partial charge in [0.05, 0.1) is 0 Å². The molecule has 0 amide bonds. The molecule has 1 nitrogen and oxygen atoms in total. The standard InChI is InChI=1S/C18H27N/c1-3-15-7-9-16(10-8-15)18(2)11-13-19(14-12-18)17-5-4-6-17/h7-10,17H,3-6,11-14H2,1-2H3. The van der Waals surface area contributed by atoms with E-state index in [1.165, 1.54) is 50.8 Å². The van der Waals surface area contributed by atoms with E-state index in [2.05, 4.69) is 43.0 Å². The zero-order valence-corrected chi connectivity index (χ0v) is 12.5. The smallest absolute Gasteiger partial charge is 0.00952 e. The monoisotopic (exact) mass is 257 g/mol. The molecular formula is C18H27N. The SMILES string of the molecule is CCc1ccc(C2(C)CCN(C3CCC3)CC2)cc1. The molecule has 1 saturated heterocycles. The largest absolute Gasteiger partial charge is 0.300 e. The predicted molar refractivity (Wildman–Crippen MR) is 81.6 cm³/mol. The lowest BCUT2D eigenvalue weighted by Crippen LogP contribution is -2.48. The van der Waals surface area contributed by atoms with Gasteiger partial charge in [-0.05, 0) is 61.7 Å². The van der Waals surface area contributed by atoms with Crippen molar-refractivity contribution in [3.63, 3.8) is 0 Å². The molecule has 1 aliphatic heterocycles. The van der Waals surface area contributed by atoms with Crippen LogP contribution in [0.25, 0.3) is 0 Å². The molecule has 0 spiro atoms. The summed E-state index contributed by atoms with van der Waals surface area (Å²) in [7, 11) is 0. The van der Waals surface area contributed by atoms with Crippen molar-refractivity contribution in [3.8, 4) is 0 Å². The third-order valence-corrected chi connectivity index (χ3v) is 5.55. The average molecular weight is 257 g/mol. The normalized spacial score (nSPS) is 24.1. The first-order chi connectivity index (χ1) is 9.21. The summed E-state index contributed by atoms with van der Waals surface area (Å²) in [6.45, 7) is 7.30. The van der Waals surface area contributed by atoms with Crippen LogP contribution in [0.4, 0.5) is 0 Å². The molecule has 1 heterocycles. The fraction of sp³-hybridized carbons (Fsp3) is 0.667. The van der Waals surface area contributed by atoms with Crippen molar-refractivity contribution in [2.24, 2.45) is 0 Å². The highest BCUT2D eigenvalue weighted by atomic mass is 15.2. The van der Waals surface area contributed by atoms with E-state index in [1.807, 2.05) is 0 Å². The van der Waals surface area contributed by atoms with E-state index in [-0.39, 0.29) is 0 Å². The van der Waals surface area contributed by atoms with Crippen molar-refractivity contribution < 1.29 is 0 Å². The van der Waals surface area contributed by atoms with Crippen molar-refractivity contribution >= 4 is 0 Å². The molecule has 0 bridgehead atoms.